The maximum atomic E-state index is 12.8. The number of benzene rings is 3. The molecule has 3 aromatic rings. The molecule has 0 atom stereocenters. The predicted molar refractivity (Wildman–Crippen MR) is 127 cm³/mol. The fourth-order valence-electron chi connectivity index (χ4n) is 3.12. The molecule has 0 aliphatic heterocycles. The zero-order chi connectivity index (χ0) is 22.8. The highest BCUT2D eigenvalue weighted by Gasteiger charge is 2.15. The minimum absolute atomic E-state index is 0.166. The molecule has 3 rings (SSSR count). The van der Waals surface area contributed by atoms with Crippen molar-refractivity contribution in [2.24, 2.45) is 0 Å². The largest absolute Gasteiger partial charge is 0.457 e. The fraction of sp³-hybridized carbons (Fsp3) is 0.240. The number of sulfonamides is 1. The number of anilines is 1. The molecular weight excluding hydrogens is 424 g/mol. The van der Waals surface area contributed by atoms with Crippen LogP contribution in [0.1, 0.15) is 43.0 Å². The highest BCUT2D eigenvalue weighted by Crippen LogP contribution is 2.26. The molecule has 0 aromatic heterocycles. The van der Waals surface area contributed by atoms with E-state index in [2.05, 4.69) is 17.0 Å². The maximum Gasteiger partial charge on any atom is 0.259 e. The van der Waals surface area contributed by atoms with Gasteiger partial charge in [0.25, 0.3) is 5.91 Å². The number of hydrogen-bond acceptors (Lipinski definition) is 4. The Morgan fingerprint density at radius 1 is 0.844 bits per heavy atom. The van der Waals surface area contributed by atoms with Gasteiger partial charge in [-0.25, -0.2) is 13.1 Å². The van der Waals surface area contributed by atoms with E-state index in [9.17, 15) is 13.2 Å². The molecule has 0 unspecified atom stereocenters. The van der Waals surface area contributed by atoms with E-state index in [0.717, 1.165) is 25.7 Å². The van der Waals surface area contributed by atoms with Crippen molar-refractivity contribution >= 4 is 21.6 Å². The Morgan fingerprint density at radius 2 is 1.53 bits per heavy atom. The molecule has 0 saturated carbocycles. The molecule has 0 fully saturated rings. The van der Waals surface area contributed by atoms with Gasteiger partial charge in [-0.15, -0.1) is 0 Å². The van der Waals surface area contributed by atoms with Gasteiger partial charge < -0.3 is 10.1 Å². The standard InChI is InChI=1S/C25H28N2O4S/c1-2-3-4-10-19-26-32(29,30)22-17-15-20(16-18-22)27-25(28)23-13-8-9-14-24(23)31-21-11-6-5-7-12-21/h5-9,11-18,26H,2-4,10,19H2,1H3,(H,27,28). The first-order chi connectivity index (χ1) is 15.5. The minimum atomic E-state index is -3.57. The molecule has 2 N–H and O–H groups in total. The van der Waals surface area contributed by atoms with E-state index in [1.165, 1.54) is 12.1 Å². The predicted octanol–water partition coefficient (Wildman–Crippen LogP) is 5.59. The second kappa shape index (κ2) is 11.5. The zero-order valence-electron chi connectivity index (χ0n) is 18.1. The normalized spacial score (nSPS) is 11.2. The number of carbonyl (C=O) groups excluding carboxylic acids is 1. The van der Waals surface area contributed by atoms with Crippen molar-refractivity contribution in [1.29, 1.82) is 0 Å². The van der Waals surface area contributed by atoms with E-state index in [1.807, 2.05) is 30.3 Å². The van der Waals surface area contributed by atoms with Crippen LogP contribution < -0.4 is 14.8 Å². The molecular formula is C25H28N2O4S. The molecule has 0 bridgehead atoms. The maximum absolute atomic E-state index is 12.8. The van der Waals surface area contributed by atoms with Crippen molar-refractivity contribution in [1.82, 2.24) is 4.72 Å². The Morgan fingerprint density at radius 3 is 2.25 bits per heavy atom. The van der Waals surface area contributed by atoms with Crippen LogP contribution in [0, 0.1) is 0 Å². The molecule has 7 heteroatoms. The van der Waals surface area contributed by atoms with Crippen LogP contribution in [0.25, 0.3) is 0 Å². The minimum Gasteiger partial charge on any atom is -0.457 e. The van der Waals surface area contributed by atoms with Crippen molar-refractivity contribution in [2.75, 3.05) is 11.9 Å². The van der Waals surface area contributed by atoms with Crippen molar-refractivity contribution in [3.8, 4) is 11.5 Å². The van der Waals surface area contributed by atoms with Crippen molar-refractivity contribution in [3.63, 3.8) is 0 Å². The molecule has 168 valence electrons. The Labute approximate surface area is 189 Å². The molecule has 3 aromatic carbocycles. The Balaban J connectivity index is 1.64. The molecule has 0 heterocycles. The first-order valence-electron chi connectivity index (χ1n) is 10.7. The number of amides is 1. The van der Waals surface area contributed by atoms with Crippen LogP contribution in [0.2, 0.25) is 0 Å². The summed E-state index contributed by atoms with van der Waals surface area (Å²) in [4.78, 5) is 13.0. The van der Waals surface area contributed by atoms with Crippen LogP contribution in [0.15, 0.2) is 83.8 Å². The van der Waals surface area contributed by atoms with Crippen LogP contribution in [-0.4, -0.2) is 20.9 Å². The molecule has 0 radical (unpaired) electrons. The van der Waals surface area contributed by atoms with Gasteiger partial charge in [0.1, 0.15) is 11.5 Å². The van der Waals surface area contributed by atoms with Gasteiger partial charge in [0.2, 0.25) is 10.0 Å². The van der Waals surface area contributed by atoms with Crippen LogP contribution >= 0.6 is 0 Å². The average molecular weight is 453 g/mol. The number of para-hydroxylation sites is 2. The quantitative estimate of drug-likeness (QED) is 0.372. The summed E-state index contributed by atoms with van der Waals surface area (Å²) in [7, 11) is -3.57. The second-order valence-electron chi connectivity index (χ2n) is 7.35. The summed E-state index contributed by atoms with van der Waals surface area (Å²) in [6, 6.07) is 22.3. The van der Waals surface area contributed by atoms with E-state index in [4.69, 9.17) is 4.74 Å². The van der Waals surface area contributed by atoms with Gasteiger partial charge in [0.15, 0.2) is 0 Å². The SMILES string of the molecule is CCCCCCNS(=O)(=O)c1ccc(NC(=O)c2ccccc2Oc2ccccc2)cc1. The van der Waals surface area contributed by atoms with Crippen LogP contribution in [0.3, 0.4) is 0 Å². The van der Waals surface area contributed by atoms with Gasteiger partial charge in [0, 0.05) is 12.2 Å². The lowest BCUT2D eigenvalue weighted by Gasteiger charge is -2.12. The van der Waals surface area contributed by atoms with Gasteiger partial charge in [-0.05, 0) is 55.0 Å². The third-order valence-electron chi connectivity index (χ3n) is 4.85. The molecule has 32 heavy (non-hydrogen) atoms. The fourth-order valence-corrected chi connectivity index (χ4v) is 4.19. The van der Waals surface area contributed by atoms with E-state index >= 15 is 0 Å². The topological polar surface area (TPSA) is 84.5 Å². The van der Waals surface area contributed by atoms with Gasteiger partial charge in [-0.1, -0.05) is 56.5 Å². The number of carbonyl (C=O) groups is 1. The molecule has 6 nitrogen and oxygen atoms in total. The van der Waals surface area contributed by atoms with Crippen LogP contribution in [0.5, 0.6) is 11.5 Å². The second-order valence-corrected chi connectivity index (χ2v) is 9.12. The number of rotatable bonds is 11. The Hall–Kier alpha value is -3.16. The van der Waals surface area contributed by atoms with Crippen molar-refractivity contribution in [3.05, 3.63) is 84.4 Å². The summed E-state index contributed by atoms with van der Waals surface area (Å²) in [5.41, 5.74) is 0.869. The lowest BCUT2D eigenvalue weighted by molar-refractivity contribution is 0.102. The molecule has 0 aliphatic carbocycles. The number of unbranched alkanes of at least 4 members (excludes halogenated alkanes) is 3. The molecule has 1 amide bonds. The van der Waals surface area contributed by atoms with Gasteiger partial charge >= 0.3 is 0 Å². The molecule has 0 spiro atoms. The Bertz CT molecular complexity index is 1110. The van der Waals surface area contributed by atoms with E-state index < -0.39 is 10.0 Å². The third-order valence-corrected chi connectivity index (χ3v) is 6.32. The first kappa shape index (κ1) is 23.5. The summed E-state index contributed by atoms with van der Waals surface area (Å²) in [6.07, 6.45) is 4.00. The van der Waals surface area contributed by atoms with E-state index in [-0.39, 0.29) is 10.8 Å². The average Bonchev–Trinajstić information content (AvgIpc) is 2.80. The lowest BCUT2D eigenvalue weighted by Crippen LogP contribution is -2.24. The Kier molecular flexibility index (Phi) is 8.41. The number of ether oxygens (including phenoxy) is 1. The van der Waals surface area contributed by atoms with E-state index in [0.29, 0.717) is 29.3 Å². The highest BCUT2D eigenvalue weighted by molar-refractivity contribution is 7.89. The van der Waals surface area contributed by atoms with Gasteiger partial charge in [0.05, 0.1) is 10.5 Å². The highest BCUT2D eigenvalue weighted by atomic mass is 32.2. The zero-order valence-corrected chi connectivity index (χ0v) is 18.9. The van der Waals surface area contributed by atoms with Crippen LogP contribution in [0.4, 0.5) is 5.69 Å². The molecule has 0 aliphatic rings. The van der Waals surface area contributed by atoms with Crippen LogP contribution in [-0.2, 0) is 10.0 Å². The number of hydrogen-bond donors (Lipinski definition) is 2. The summed E-state index contributed by atoms with van der Waals surface area (Å²) in [5, 5.41) is 2.80. The smallest absolute Gasteiger partial charge is 0.259 e. The van der Waals surface area contributed by atoms with Gasteiger partial charge in [-0.3, -0.25) is 4.79 Å². The summed E-state index contributed by atoms with van der Waals surface area (Å²) >= 11 is 0. The first-order valence-corrected chi connectivity index (χ1v) is 12.2. The summed E-state index contributed by atoms with van der Waals surface area (Å²) < 4.78 is 33.3. The van der Waals surface area contributed by atoms with Crippen molar-refractivity contribution in [2.45, 2.75) is 37.5 Å². The number of nitrogens with one attached hydrogen (secondary N) is 2. The third kappa shape index (κ3) is 6.67. The van der Waals surface area contributed by atoms with Crippen molar-refractivity contribution < 1.29 is 17.9 Å². The lowest BCUT2D eigenvalue weighted by atomic mass is 10.2. The summed E-state index contributed by atoms with van der Waals surface area (Å²) in [5.74, 6) is 0.716. The van der Waals surface area contributed by atoms with E-state index in [1.54, 1.807) is 36.4 Å². The molecule has 0 saturated heterocycles. The monoisotopic (exact) mass is 452 g/mol. The van der Waals surface area contributed by atoms with Gasteiger partial charge in [-0.2, -0.15) is 0 Å². The summed E-state index contributed by atoms with van der Waals surface area (Å²) in [6.45, 7) is 2.53.